The first-order valence-electron chi connectivity index (χ1n) is 4.92. The number of aliphatic hydroxyl groups excluding tert-OH is 1. The zero-order valence-corrected chi connectivity index (χ0v) is 9.45. The standard InChI is InChI=1S/C11H14F3NO2/c1-10(2,15)9(16)7-4-3-5-8(6-7)17-11(12,13)14/h3-6,9,16H,15H2,1-2H3. The number of hydrogen-bond donors (Lipinski definition) is 2. The van der Waals surface area contributed by atoms with Crippen molar-refractivity contribution in [1.82, 2.24) is 0 Å². The fraction of sp³-hybridized carbons (Fsp3) is 0.455. The summed E-state index contributed by atoms with van der Waals surface area (Å²) in [5, 5.41) is 9.82. The molecule has 3 nitrogen and oxygen atoms in total. The van der Waals surface area contributed by atoms with Crippen LogP contribution in [0.4, 0.5) is 13.2 Å². The van der Waals surface area contributed by atoms with Gasteiger partial charge in [-0.05, 0) is 31.5 Å². The van der Waals surface area contributed by atoms with Gasteiger partial charge in [-0.1, -0.05) is 12.1 Å². The quantitative estimate of drug-likeness (QED) is 0.864. The van der Waals surface area contributed by atoms with Crippen molar-refractivity contribution < 1.29 is 23.0 Å². The predicted molar refractivity (Wildman–Crippen MR) is 56.4 cm³/mol. The van der Waals surface area contributed by atoms with Gasteiger partial charge >= 0.3 is 6.36 Å². The van der Waals surface area contributed by atoms with Crippen LogP contribution in [0, 0.1) is 0 Å². The van der Waals surface area contributed by atoms with Crippen molar-refractivity contribution in [2.75, 3.05) is 0 Å². The van der Waals surface area contributed by atoms with E-state index in [4.69, 9.17) is 5.73 Å². The Labute approximate surface area is 97.0 Å². The van der Waals surface area contributed by atoms with Gasteiger partial charge in [0.05, 0.1) is 6.10 Å². The molecule has 1 aromatic rings. The molecule has 0 spiro atoms. The maximum Gasteiger partial charge on any atom is 0.573 e. The zero-order chi connectivity index (χ0) is 13.3. The molecule has 0 aliphatic carbocycles. The van der Waals surface area contributed by atoms with Crippen LogP contribution in [0.3, 0.4) is 0 Å². The summed E-state index contributed by atoms with van der Waals surface area (Å²) in [7, 11) is 0. The molecule has 0 saturated heterocycles. The van der Waals surface area contributed by atoms with Crippen molar-refractivity contribution in [2.45, 2.75) is 31.9 Å². The molecule has 0 heterocycles. The van der Waals surface area contributed by atoms with Crippen molar-refractivity contribution in [1.29, 1.82) is 0 Å². The van der Waals surface area contributed by atoms with Gasteiger partial charge in [-0.3, -0.25) is 0 Å². The van der Waals surface area contributed by atoms with Crippen molar-refractivity contribution in [3.8, 4) is 5.75 Å². The van der Waals surface area contributed by atoms with Crippen molar-refractivity contribution >= 4 is 0 Å². The Morgan fingerprint density at radius 2 is 1.88 bits per heavy atom. The topological polar surface area (TPSA) is 55.5 Å². The summed E-state index contributed by atoms with van der Waals surface area (Å²) in [6.45, 7) is 3.16. The molecule has 1 aromatic carbocycles. The van der Waals surface area contributed by atoms with E-state index in [1.807, 2.05) is 0 Å². The van der Waals surface area contributed by atoms with Crippen LogP contribution in [0.15, 0.2) is 24.3 Å². The Kier molecular flexibility index (Phi) is 3.68. The lowest BCUT2D eigenvalue weighted by Gasteiger charge is -2.26. The summed E-state index contributed by atoms with van der Waals surface area (Å²) < 4.78 is 39.7. The van der Waals surface area contributed by atoms with Gasteiger partial charge in [-0.2, -0.15) is 0 Å². The first kappa shape index (κ1) is 13.8. The number of hydrogen-bond acceptors (Lipinski definition) is 3. The summed E-state index contributed by atoms with van der Waals surface area (Å²) in [5.41, 5.74) is 5.00. The first-order chi connectivity index (χ1) is 7.59. The molecule has 1 rings (SSSR count). The molecule has 0 aliphatic heterocycles. The molecule has 96 valence electrons. The SMILES string of the molecule is CC(C)(N)C(O)c1cccc(OC(F)(F)F)c1. The van der Waals surface area contributed by atoms with E-state index in [0.29, 0.717) is 0 Å². The number of nitrogens with two attached hydrogens (primary N) is 1. The van der Waals surface area contributed by atoms with E-state index in [0.717, 1.165) is 12.1 Å². The molecule has 0 bridgehead atoms. The molecular formula is C11H14F3NO2. The monoisotopic (exact) mass is 249 g/mol. The summed E-state index contributed by atoms with van der Waals surface area (Å²) in [6.07, 6.45) is -5.82. The van der Waals surface area contributed by atoms with Crippen LogP contribution >= 0.6 is 0 Å². The van der Waals surface area contributed by atoms with Crippen molar-refractivity contribution in [3.63, 3.8) is 0 Å². The second-order valence-electron chi connectivity index (χ2n) is 4.34. The van der Waals surface area contributed by atoms with Gasteiger partial charge in [-0.25, -0.2) is 0 Å². The third kappa shape index (κ3) is 4.24. The van der Waals surface area contributed by atoms with Crippen LogP contribution in [-0.2, 0) is 0 Å². The van der Waals surface area contributed by atoms with Gasteiger partial charge in [0.15, 0.2) is 0 Å². The third-order valence-electron chi connectivity index (χ3n) is 2.11. The molecule has 0 fully saturated rings. The molecule has 0 radical (unpaired) electrons. The second-order valence-corrected chi connectivity index (χ2v) is 4.34. The first-order valence-corrected chi connectivity index (χ1v) is 4.92. The fourth-order valence-electron chi connectivity index (χ4n) is 1.31. The summed E-state index contributed by atoms with van der Waals surface area (Å²) in [4.78, 5) is 0. The van der Waals surface area contributed by atoms with Crippen molar-refractivity contribution in [3.05, 3.63) is 29.8 Å². The lowest BCUT2D eigenvalue weighted by molar-refractivity contribution is -0.274. The van der Waals surface area contributed by atoms with Gasteiger partial charge in [0.25, 0.3) is 0 Å². The number of alkyl halides is 3. The van der Waals surface area contributed by atoms with Gasteiger partial charge in [0, 0.05) is 5.54 Å². The molecule has 17 heavy (non-hydrogen) atoms. The molecule has 3 N–H and O–H groups in total. The minimum absolute atomic E-state index is 0.277. The zero-order valence-electron chi connectivity index (χ0n) is 9.45. The summed E-state index contributed by atoms with van der Waals surface area (Å²) in [5.74, 6) is -0.377. The smallest absolute Gasteiger partial charge is 0.406 e. The highest BCUT2D eigenvalue weighted by Gasteiger charge is 2.32. The van der Waals surface area contributed by atoms with E-state index in [9.17, 15) is 18.3 Å². The third-order valence-corrected chi connectivity index (χ3v) is 2.11. The van der Waals surface area contributed by atoms with E-state index in [-0.39, 0.29) is 11.3 Å². The average Bonchev–Trinajstić information content (AvgIpc) is 2.12. The highest BCUT2D eigenvalue weighted by molar-refractivity contribution is 5.31. The van der Waals surface area contributed by atoms with Gasteiger partial charge in [0.2, 0.25) is 0 Å². The Balaban J connectivity index is 2.94. The second kappa shape index (κ2) is 4.54. The predicted octanol–water partition coefficient (Wildman–Crippen LogP) is 2.36. The van der Waals surface area contributed by atoms with E-state index in [1.54, 1.807) is 13.8 Å². The van der Waals surface area contributed by atoms with Crippen LogP contribution in [0.2, 0.25) is 0 Å². The van der Waals surface area contributed by atoms with E-state index < -0.39 is 18.0 Å². The van der Waals surface area contributed by atoms with Crippen LogP contribution in [0.1, 0.15) is 25.5 Å². The average molecular weight is 249 g/mol. The van der Waals surface area contributed by atoms with E-state index in [1.165, 1.54) is 12.1 Å². The number of aliphatic hydroxyl groups is 1. The molecule has 0 aliphatic rings. The highest BCUT2D eigenvalue weighted by atomic mass is 19.4. The lowest BCUT2D eigenvalue weighted by Crippen LogP contribution is -2.39. The van der Waals surface area contributed by atoms with Crippen LogP contribution in [0.25, 0.3) is 0 Å². The van der Waals surface area contributed by atoms with Gasteiger partial charge < -0.3 is 15.6 Å². The Hall–Kier alpha value is -1.27. The molecular weight excluding hydrogens is 235 g/mol. The Morgan fingerprint density at radius 1 is 1.29 bits per heavy atom. The van der Waals surface area contributed by atoms with E-state index in [2.05, 4.69) is 4.74 Å². The number of benzene rings is 1. The van der Waals surface area contributed by atoms with Gasteiger partial charge in [0.1, 0.15) is 5.75 Å². The van der Waals surface area contributed by atoms with Crippen molar-refractivity contribution in [2.24, 2.45) is 5.73 Å². The Morgan fingerprint density at radius 3 is 2.35 bits per heavy atom. The number of ether oxygens (including phenoxy) is 1. The van der Waals surface area contributed by atoms with Crippen LogP contribution in [-0.4, -0.2) is 17.0 Å². The molecule has 1 unspecified atom stereocenters. The Bertz CT molecular complexity index is 385. The minimum atomic E-state index is -4.75. The molecule has 0 aromatic heterocycles. The maximum absolute atomic E-state index is 12.0. The lowest BCUT2D eigenvalue weighted by atomic mass is 9.92. The molecule has 6 heteroatoms. The number of halogens is 3. The molecule has 1 atom stereocenters. The molecule has 0 amide bonds. The van der Waals surface area contributed by atoms with Gasteiger partial charge in [-0.15, -0.1) is 13.2 Å². The van der Waals surface area contributed by atoms with E-state index >= 15 is 0 Å². The summed E-state index contributed by atoms with van der Waals surface area (Å²) in [6, 6.07) is 5.13. The maximum atomic E-state index is 12.0. The fourth-order valence-corrected chi connectivity index (χ4v) is 1.31. The summed E-state index contributed by atoms with van der Waals surface area (Å²) >= 11 is 0. The molecule has 0 saturated carbocycles. The largest absolute Gasteiger partial charge is 0.573 e. The van der Waals surface area contributed by atoms with Crippen LogP contribution < -0.4 is 10.5 Å². The number of rotatable bonds is 3. The van der Waals surface area contributed by atoms with Crippen LogP contribution in [0.5, 0.6) is 5.75 Å². The minimum Gasteiger partial charge on any atom is -0.406 e. The normalized spacial score (nSPS) is 14.5. The highest BCUT2D eigenvalue weighted by Crippen LogP contribution is 2.28.